The number of rotatable bonds is 6. The molecule has 274 valence electrons. The Morgan fingerprint density at radius 3 is 1.17 bits per heavy atom. The summed E-state index contributed by atoms with van der Waals surface area (Å²) >= 11 is 0. The zero-order chi connectivity index (χ0) is 38.7. The van der Waals surface area contributed by atoms with E-state index >= 15 is 0 Å². The van der Waals surface area contributed by atoms with E-state index < -0.39 is 0 Å². The Bertz CT molecular complexity index is 3170. The van der Waals surface area contributed by atoms with Crippen LogP contribution in [-0.4, -0.2) is 9.97 Å². The minimum atomic E-state index is 0.906. The lowest BCUT2D eigenvalue weighted by atomic mass is 9.88. The molecule has 2 heteroatoms. The molecular weight excluding hydrogens is 701 g/mol. The van der Waals surface area contributed by atoms with E-state index in [1.807, 2.05) is 0 Å². The molecule has 11 aromatic rings. The molecule has 0 N–H and O–H groups in total. The van der Waals surface area contributed by atoms with Gasteiger partial charge in [0.15, 0.2) is 0 Å². The minimum absolute atomic E-state index is 0.906. The maximum Gasteiger partial charge on any atom is 0.0978 e. The number of nitrogens with zero attached hydrogens (tertiary/aromatic N) is 2. The average Bonchev–Trinajstić information content (AvgIpc) is 3.29. The maximum absolute atomic E-state index is 5.80. The van der Waals surface area contributed by atoms with Crippen LogP contribution in [0.25, 0.3) is 110 Å². The number of benzene rings is 9. The van der Waals surface area contributed by atoms with Crippen molar-refractivity contribution in [2.75, 3.05) is 0 Å². The van der Waals surface area contributed by atoms with Gasteiger partial charge in [-0.3, -0.25) is 0 Å². The van der Waals surface area contributed by atoms with Gasteiger partial charge in [0.2, 0.25) is 0 Å². The van der Waals surface area contributed by atoms with Crippen molar-refractivity contribution in [3.63, 3.8) is 0 Å². The summed E-state index contributed by atoms with van der Waals surface area (Å²) in [6.07, 6.45) is 1.85. The second kappa shape index (κ2) is 13.8. The highest BCUT2D eigenvalue weighted by atomic mass is 14.8. The highest BCUT2D eigenvalue weighted by molar-refractivity contribution is 6.19. The molecule has 58 heavy (non-hydrogen) atoms. The quantitative estimate of drug-likeness (QED) is 0.125. The number of aryl methyl sites for hydroxylation is 2. The zero-order valence-corrected chi connectivity index (χ0v) is 32.6. The number of pyridine rings is 2. The number of hydrogen-bond donors (Lipinski definition) is 0. The molecule has 0 atom stereocenters. The van der Waals surface area contributed by atoms with E-state index in [2.05, 4.69) is 196 Å². The van der Waals surface area contributed by atoms with Gasteiger partial charge in [0.1, 0.15) is 0 Å². The molecule has 0 aliphatic carbocycles. The Kier molecular flexibility index (Phi) is 8.11. The van der Waals surface area contributed by atoms with E-state index in [4.69, 9.17) is 9.97 Å². The smallest absolute Gasteiger partial charge is 0.0978 e. The molecule has 2 heterocycles. The van der Waals surface area contributed by atoms with Gasteiger partial charge in [-0.05, 0) is 114 Å². The van der Waals surface area contributed by atoms with E-state index in [1.165, 1.54) is 65.3 Å². The van der Waals surface area contributed by atoms with Crippen molar-refractivity contribution in [1.29, 1.82) is 0 Å². The molecule has 0 aliphatic rings. The fourth-order valence-corrected chi connectivity index (χ4v) is 9.46. The van der Waals surface area contributed by atoms with Crippen LogP contribution in [0.4, 0.5) is 0 Å². The van der Waals surface area contributed by atoms with Gasteiger partial charge in [-0.25, -0.2) is 9.97 Å². The topological polar surface area (TPSA) is 25.8 Å². The molecule has 0 radical (unpaired) electrons. The van der Waals surface area contributed by atoms with Crippen molar-refractivity contribution in [3.05, 3.63) is 193 Å². The summed E-state index contributed by atoms with van der Waals surface area (Å²) in [4.78, 5) is 11.6. The third kappa shape index (κ3) is 5.40. The SMILES string of the molecule is CCc1cccc2cc3ccccc3c(-c3cc(-c4ccccc4)c4ccc5c(-c6ccccc6)cc(-c6c7ccccc7cc7cccc(CC)c67)nc5c4n3)c12. The Morgan fingerprint density at radius 1 is 0.345 bits per heavy atom. The molecule has 0 unspecified atom stereocenters. The van der Waals surface area contributed by atoms with Gasteiger partial charge in [0.05, 0.1) is 22.4 Å². The monoisotopic (exact) mass is 740 g/mol. The van der Waals surface area contributed by atoms with E-state index in [9.17, 15) is 0 Å². The molecule has 0 bridgehead atoms. The van der Waals surface area contributed by atoms with Crippen LogP contribution < -0.4 is 0 Å². The van der Waals surface area contributed by atoms with Crippen LogP contribution in [0.15, 0.2) is 182 Å². The first-order chi connectivity index (χ1) is 28.7. The fourth-order valence-electron chi connectivity index (χ4n) is 9.46. The third-order valence-electron chi connectivity index (χ3n) is 12.2. The lowest BCUT2D eigenvalue weighted by Crippen LogP contribution is -1.98. The van der Waals surface area contributed by atoms with Gasteiger partial charge in [-0.15, -0.1) is 0 Å². The van der Waals surface area contributed by atoms with Crippen LogP contribution in [0.1, 0.15) is 25.0 Å². The first-order valence-corrected chi connectivity index (χ1v) is 20.4. The van der Waals surface area contributed by atoms with Crippen LogP contribution in [0.5, 0.6) is 0 Å². The van der Waals surface area contributed by atoms with E-state index in [0.717, 1.165) is 68.3 Å². The van der Waals surface area contributed by atoms with Crippen LogP contribution in [-0.2, 0) is 12.8 Å². The van der Waals surface area contributed by atoms with E-state index in [1.54, 1.807) is 0 Å². The number of fused-ring (bicyclic) bond motifs is 7. The Balaban J connectivity index is 1.34. The lowest BCUT2D eigenvalue weighted by molar-refractivity contribution is 1.16. The Morgan fingerprint density at radius 2 is 0.741 bits per heavy atom. The predicted octanol–water partition coefficient (Wildman–Crippen LogP) is 15.2. The molecule has 0 amide bonds. The second-order valence-electron chi connectivity index (χ2n) is 15.4. The zero-order valence-electron chi connectivity index (χ0n) is 32.6. The van der Waals surface area contributed by atoms with Crippen LogP contribution in [0.2, 0.25) is 0 Å². The van der Waals surface area contributed by atoms with E-state index in [0.29, 0.717) is 0 Å². The van der Waals surface area contributed by atoms with Gasteiger partial charge in [0.25, 0.3) is 0 Å². The largest absolute Gasteiger partial charge is 0.245 e. The molecular formula is C56H40N2. The summed E-state index contributed by atoms with van der Waals surface area (Å²) in [5.74, 6) is 0. The van der Waals surface area contributed by atoms with Gasteiger partial charge >= 0.3 is 0 Å². The number of aromatic nitrogens is 2. The summed E-state index contributed by atoms with van der Waals surface area (Å²) in [6, 6.07) is 66.4. The summed E-state index contributed by atoms with van der Waals surface area (Å²) in [5.41, 5.74) is 13.3. The normalized spacial score (nSPS) is 11.8. The third-order valence-corrected chi connectivity index (χ3v) is 12.2. The first-order valence-electron chi connectivity index (χ1n) is 20.4. The summed E-state index contributed by atoms with van der Waals surface area (Å²) < 4.78 is 0. The molecule has 2 aromatic heterocycles. The van der Waals surface area contributed by atoms with E-state index in [-0.39, 0.29) is 0 Å². The highest BCUT2D eigenvalue weighted by Gasteiger charge is 2.22. The van der Waals surface area contributed by atoms with Crippen molar-refractivity contribution < 1.29 is 0 Å². The van der Waals surface area contributed by atoms with Crippen LogP contribution >= 0.6 is 0 Å². The van der Waals surface area contributed by atoms with Crippen molar-refractivity contribution in [2.24, 2.45) is 0 Å². The molecule has 0 spiro atoms. The standard InChI is InChI=1S/C56H40N2/c1-3-35-23-15-25-41-31-39-21-11-13-27-43(39)53(51(35)41)49-33-47(37-17-7-5-8-18-37)45-29-30-46-48(38-19-9-6-10-20-38)34-50(58-56(46)55(45)57-49)54-44-28-14-12-22-40(44)32-42-26-16-24-36(4-2)52(42)54/h5-34H,3-4H2,1-2H3. The number of hydrogen-bond acceptors (Lipinski definition) is 2. The molecule has 0 saturated heterocycles. The van der Waals surface area contributed by atoms with Crippen molar-refractivity contribution in [3.8, 4) is 44.8 Å². The van der Waals surface area contributed by atoms with Gasteiger partial charge in [-0.1, -0.05) is 172 Å². The van der Waals surface area contributed by atoms with Crippen LogP contribution in [0, 0.1) is 0 Å². The molecule has 0 aliphatic heterocycles. The molecule has 11 rings (SSSR count). The Labute approximate surface area is 338 Å². The molecule has 2 nitrogen and oxygen atoms in total. The maximum atomic E-state index is 5.80. The lowest BCUT2D eigenvalue weighted by Gasteiger charge is -2.19. The van der Waals surface area contributed by atoms with Gasteiger partial charge < -0.3 is 0 Å². The molecule has 0 saturated carbocycles. The van der Waals surface area contributed by atoms with Gasteiger partial charge in [-0.2, -0.15) is 0 Å². The highest BCUT2D eigenvalue weighted by Crippen LogP contribution is 2.45. The predicted molar refractivity (Wildman–Crippen MR) is 248 cm³/mol. The van der Waals surface area contributed by atoms with Gasteiger partial charge in [0, 0.05) is 21.9 Å². The van der Waals surface area contributed by atoms with Crippen LogP contribution in [0.3, 0.4) is 0 Å². The molecule has 9 aromatic carbocycles. The Hall–Kier alpha value is -7.16. The summed E-state index contributed by atoms with van der Waals surface area (Å²) in [7, 11) is 0. The second-order valence-corrected chi connectivity index (χ2v) is 15.4. The summed E-state index contributed by atoms with van der Waals surface area (Å²) in [6.45, 7) is 4.50. The van der Waals surface area contributed by atoms with Crippen molar-refractivity contribution in [2.45, 2.75) is 26.7 Å². The molecule has 0 fully saturated rings. The first kappa shape index (κ1) is 34.1. The minimum Gasteiger partial charge on any atom is -0.245 e. The van der Waals surface area contributed by atoms with Crippen molar-refractivity contribution in [1.82, 2.24) is 9.97 Å². The summed E-state index contributed by atoms with van der Waals surface area (Å²) in [5, 5.41) is 12.0. The fraction of sp³-hybridized carbons (Fsp3) is 0.0714. The van der Waals surface area contributed by atoms with Crippen molar-refractivity contribution >= 4 is 64.9 Å². The average molecular weight is 741 g/mol.